The Kier molecular flexibility index (Phi) is 3.85. The summed E-state index contributed by atoms with van der Waals surface area (Å²) in [7, 11) is 1.43. The van der Waals surface area contributed by atoms with Gasteiger partial charge in [0.25, 0.3) is 0 Å². The molecule has 0 amide bonds. The number of hydrogen-bond donors (Lipinski definition) is 1. The molecular formula is C21H21NO2. The minimum absolute atomic E-state index is 0.296. The van der Waals surface area contributed by atoms with Crippen molar-refractivity contribution in [3.63, 3.8) is 0 Å². The maximum atomic E-state index is 12.2. The van der Waals surface area contributed by atoms with Gasteiger partial charge in [0.15, 0.2) is 0 Å². The van der Waals surface area contributed by atoms with Gasteiger partial charge in [-0.15, -0.1) is 0 Å². The molecule has 2 aromatic rings. The number of benzene rings is 2. The van der Waals surface area contributed by atoms with Crippen molar-refractivity contribution in [1.82, 2.24) is 5.32 Å². The van der Waals surface area contributed by atoms with Crippen LogP contribution in [0.5, 0.6) is 0 Å². The normalized spacial score (nSPS) is 19.1. The van der Waals surface area contributed by atoms with Gasteiger partial charge >= 0.3 is 5.97 Å². The third-order valence-corrected chi connectivity index (χ3v) is 5.07. The Hall–Kier alpha value is -2.55. The van der Waals surface area contributed by atoms with E-state index in [-0.39, 0.29) is 5.97 Å². The Bertz CT molecular complexity index is 913. The minimum atomic E-state index is -0.296. The molecule has 1 aliphatic heterocycles. The molecule has 1 saturated carbocycles. The molecule has 2 aliphatic rings. The quantitative estimate of drug-likeness (QED) is 0.864. The van der Waals surface area contributed by atoms with Crippen molar-refractivity contribution in [3.05, 3.63) is 70.1 Å². The van der Waals surface area contributed by atoms with Crippen LogP contribution in [0.25, 0.3) is 11.3 Å². The van der Waals surface area contributed by atoms with Crippen LogP contribution in [-0.4, -0.2) is 19.1 Å². The van der Waals surface area contributed by atoms with Gasteiger partial charge in [0, 0.05) is 16.8 Å². The third-order valence-electron chi connectivity index (χ3n) is 5.07. The van der Waals surface area contributed by atoms with Crippen LogP contribution in [0.3, 0.4) is 0 Å². The minimum Gasteiger partial charge on any atom is -0.465 e. The Balaban J connectivity index is 2.02. The highest BCUT2D eigenvalue weighted by Gasteiger charge is 2.26. The summed E-state index contributed by atoms with van der Waals surface area (Å²) in [6.45, 7) is 0. The Morgan fingerprint density at radius 1 is 1.04 bits per heavy atom. The number of ether oxygens (including phenoxy) is 1. The summed E-state index contributed by atoms with van der Waals surface area (Å²) in [5.41, 5.74) is 4.08. The second kappa shape index (κ2) is 6.16. The van der Waals surface area contributed by atoms with Crippen molar-refractivity contribution in [2.75, 3.05) is 7.11 Å². The second-order valence-electron chi connectivity index (χ2n) is 6.43. The first-order valence-corrected chi connectivity index (χ1v) is 8.56. The lowest BCUT2D eigenvalue weighted by atomic mass is 9.84. The van der Waals surface area contributed by atoms with Crippen molar-refractivity contribution >= 4 is 17.2 Å². The van der Waals surface area contributed by atoms with Gasteiger partial charge in [-0.2, -0.15) is 0 Å². The fraction of sp³-hybridized carbons (Fsp3) is 0.286. The lowest BCUT2D eigenvalue weighted by Crippen LogP contribution is -2.47. The van der Waals surface area contributed by atoms with E-state index in [0.29, 0.717) is 11.6 Å². The third kappa shape index (κ3) is 2.41. The second-order valence-corrected chi connectivity index (χ2v) is 6.43. The van der Waals surface area contributed by atoms with Crippen LogP contribution in [0.2, 0.25) is 0 Å². The van der Waals surface area contributed by atoms with Crippen LogP contribution in [0.1, 0.15) is 41.6 Å². The van der Waals surface area contributed by atoms with Crippen LogP contribution in [0.4, 0.5) is 0 Å². The summed E-state index contributed by atoms with van der Waals surface area (Å²) in [6, 6.07) is 16.6. The molecule has 3 nitrogen and oxygen atoms in total. The molecule has 3 heteroatoms. The molecule has 0 aromatic heterocycles. The van der Waals surface area contributed by atoms with E-state index in [1.54, 1.807) is 0 Å². The zero-order valence-electron chi connectivity index (χ0n) is 13.8. The Labute approximate surface area is 141 Å². The highest BCUT2D eigenvalue weighted by molar-refractivity contribution is 5.95. The molecule has 1 unspecified atom stereocenters. The fourth-order valence-electron chi connectivity index (χ4n) is 3.94. The Morgan fingerprint density at radius 2 is 1.79 bits per heavy atom. The van der Waals surface area contributed by atoms with E-state index in [1.165, 1.54) is 36.0 Å². The van der Waals surface area contributed by atoms with Gasteiger partial charge in [-0.25, -0.2) is 4.79 Å². The molecule has 2 aromatic carbocycles. The van der Waals surface area contributed by atoms with Crippen molar-refractivity contribution in [3.8, 4) is 0 Å². The van der Waals surface area contributed by atoms with Crippen LogP contribution in [0.15, 0.2) is 48.5 Å². The molecule has 122 valence electrons. The summed E-state index contributed by atoms with van der Waals surface area (Å²) < 4.78 is 4.98. The molecule has 4 rings (SSSR count). The molecule has 1 aliphatic carbocycles. The lowest BCUT2D eigenvalue weighted by molar-refractivity contribution is 0.0600. The molecule has 0 bridgehead atoms. The highest BCUT2D eigenvalue weighted by atomic mass is 16.5. The number of fused-ring (bicyclic) bond motifs is 2. The van der Waals surface area contributed by atoms with Gasteiger partial charge < -0.3 is 10.1 Å². The average Bonchev–Trinajstić information content (AvgIpc) is 2.67. The monoisotopic (exact) mass is 319 g/mol. The van der Waals surface area contributed by atoms with E-state index in [2.05, 4.69) is 29.6 Å². The van der Waals surface area contributed by atoms with E-state index in [9.17, 15) is 4.79 Å². The van der Waals surface area contributed by atoms with Gasteiger partial charge in [0.1, 0.15) is 0 Å². The highest BCUT2D eigenvalue weighted by Crippen LogP contribution is 2.27. The van der Waals surface area contributed by atoms with Crippen molar-refractivity contribution in [2.24, 2.45) is 0 Å². The summed E-state index contributed by atoms with van der Waals surface area (Å²) >= 11 is 0. The number of methoxy groups -OCH3 is 1. The van der Waals surface area contributed by atoms with Gasteiger partial charge in [-0.05, 0) is 36.1 Å². The van der Waals surface area contributed by atoms with E-state index < -0.39 is 0 Å². The summed E-state index contributed by atoms with van der Waals surface area (Å²) in [5, 5.41) is 6.23. The van der Waals surface area contributed by atoms with E-state index >= 15 is 0 Å². The van der Waals surface area contributed by atoms with Crippen LogP contribution < -0.4 is 15.8 Å². The zero-order chi connectivity index (χ0) is 16.5. The van der Waals surface area contributed by atoms with Crippen molar-refractivity contribution in [2.45, 2.75) is 31.7 Å². The molecule has 1 atom stereocenters. The van der Waals surface area contributed by atoms with E-state index in [1.807, 2.05) is 24.3 Å². The van der Waals surface area contributed by atoms with Gasteiger partial charge in [0.05, 0.1) is 18.4 Å². The molecule has 1 fully saturated rings. The van der Waals surface area contributed by atoms with Gasteiger partial charge in [-0.1, -0.05) is 48.9 Å². The predicted octanol–water partition coefficient (Wildman–Crippen LogP) is 2.33. The van der Waals surface area contributed by atoms with Gasteiger partial charge in [-0.3, -0.25) is 0 Å². The summed E-state index contributed by atoms with van der Waals surface area (Å²) in [4.78, 5) is 12.2. The lowest BCUT2D eigenvalue weighted by Gasteiger charge is -2.32. The van der Waals surface area contributed by atoms with Crippen molar-refractivity contribution in [1.29, 1.82) is 0 Å². The zero-order valence-corrected chi connectivity index (χ0v) is 13.8. The number of hydrogen-bond acceptors (Lipinski definition) is 3. The van der Waals surface area contributed by atoms with Crippen LogP contribution in [0, 0.1) is 0 Å². The first kappa shape index (κ1) is 15.0. The molecule has 0 saturated heterocycles. The first-order chi connectivity index (χ1) is 11.8. The molecule has 0 radical (unpaired) electrons. The first-order valence-electron chi connectivity index (χ1n) is 8.56. The van der Waals surface area contributed by atoms with Crippen LogP contribution >= 0.6 is 0 Å². The SMILES string of the molecule is COC(=O)c1ccccc1C1=c2ccccc2=C2CCCCC2N1. The van der Waals surface area contributed by atoms with Crippen LogP contribution in [-0.2, 0) is 4.74 Å². The maximum Gasteiger partial charge on any atom is 0.338 e. The maximum absolute atomic E-state index is 12.2. The molecule has 1 heterocycles. The number of esters is 1. The van der Waals surface area contributed by atoms with E-state index in [0.717, 1.165) is 24.1 Å². The topological polar surface area (TPSA) is 38.3 Å². The van der Waals surface area contributed by atoms with E-state index in [4.69, 9.17) is 4.74 Å². The molecule has 1 N–H and O–H groups in total. The molecule has 0 spiro atoms. The number of nitrogens with one attached hydrogen (secondary N) is 1. The van der Waals surface area contributed by atoms with Crippen molar-refractivity contribution < 1.29 is 9.53 Å². The van der Waals surface area contributed by atoms with Gasteiger partial charge in [0.2, 0.25) is 0 Å². The summed E-state index contributed by atoms with van der Waals surface area (Å²) in [5.74, 6) is -0.296. The number of carbonyl (C=O) groups is 1. The Morgan fingerprint density at radius 3 is 2.62 bits per heavy atom. The largest absolute Gasteiger partial charge is 0.465 e. The molecule has 24 heavy (non-hydrogen) atoms. The standard InChI is InChI=1S/C21H21NO2/c1-24-21(23)18-12-5-4-11-17(18)20-16-10-3-2-8-14(16)15-9-6-7-13-19(15)22-20/h2-5,8,10-12,19,22H,6-7,9,13H2,1H3. The predicted molar refractivity (Wildman–Crippen MR) is 94.8 cm³/mol. The number of rotatable bonds is 2. The average molecular weight is 319 g/mol. The smallest absolute Gasteiger partial charge is 0.338 e. The molecular weight excluding hydrogens is 298 g/mol. The fourth-order valence-corrected chi connectivity index (χ4v) is 3.94. The summed E-state index contributed by atoms with van der Waals surface area (Å²) in [6.07, 6.45) is 4.80. The number of carbonyl (C=O) groups excluding carboxylic acids is 1.